The maximum atomic E-state index is 8.00. The minimum absolute atomic E-state index is 0.212. The van der Waals surface area contributed by atoms with E-state index in [1.54, 1.807) is 11.8 Å². The van der Waals surface area contributed by atoms with E-state index in [-0.39, 0.29) is 5.17 Å². The molecule has 3 aromatic rings. The van der Waals surface area contributed by atoms with Gasteiger partial charge in [-0.05, 0) is 36.8 Å². The molecule has 2 aromatic carbocycles. The van der Waals surface area contributed by atoms with Crippen LogP contribution in [0.2, 0.25) is 0 Å². The van der Waals surface area contributed by atoms with Crippen LogP contribution in [0.5, 0.6) is 5.75 Å². The highest BCUT2D eigenvalue weighted by Crippen LogP contribution is 2.24. The summed E-state index contributed by atoms with van der Waals surface area (Å²) in [6.07, 6.45) is 6.67. The molecule has 0 spiro atoms. The minimum Gasteiger partial charge on any atom is -0.493 e. The van der Waals surface area contributed by atoms with Gasteiger partial charge in [0.05, 0.1) is 6.61 Å². The Morgan fingerprint density at radius 1 is 1.19 bits per heavy atom. The molecule has 0 aliphatic carbocycles. The Bertz CT molecular complexity index is 1030. The number of amidine groups is 2. The number of aliphatic imine (C=N–C) groups is 1. The Kier molecular flexibility index (Phi) is 8.61. The van der Waals surface area contributed by atoms with Gasteiger partial charge in [-0.15, -0.1) is 0 Å². The lowest BCUT2D eigenvalue weighted by atomic mass is 10.1. The van der Waals surface area contributed by atoms with E-state index in [0.29, 0.717) is 12.4 Å². The van der Waals surface area contributed by atoms with E-state index in [2.05, 4.69) is 27.5 Å². The maximum Gasteiger partial charge on any atom is 0.182 e. The first-order chi connectivity index (χ1) is 15.1. The van der Waals surface area contributed by atoms with Crippen molar-refractivity contribution >= 4 is 34.5 Å². The largest absolute Gasteiger partial charge is 0.493 e. The molecule has 3 rings (SSSR count). The summed E-state index contributed by atoms with van der Waals surface area (Å²) in [4.78, 5) is 8.53. The molecule has 1 heterocycles. The number of benzene rings is 2. The van der Waals surface area contributed by atoms with Crippen molar-refractivity contribution in [2.45, 2.75) is 25.0 Å². The summed E-state index contributed by atoms with van der Waals surface area (Å²) in [7, 11) is 0. The van der Waals surface area contributed by atoms with Crippen LogP contribution in [0.4, 0.5) is 0 Å². The molecule has 0 fully saturated rings. The van der Waals surface area contributed by atoms with Gasteiger partial charge in [0, 0.05) is 30.3 Å². The Labute approximate surface area is 191 Å². The highest BCUT2D eigenvalue weighted by molar-refractivity contribution is 8.13. The minimum atomic E-state index is 0.212. The lowest BCUT2D eigenvalue weighted by Crippen LogP contribution is -2.14. The number of thioether (sulfide) groups is 2. The molecular weight excluding hydrogens is 426 g/mol. The van der Waals surface area contributed by atoms with Crippen molar-refractivity contribution < 1.29 is 4.74 Å². The van der Waals surface area contributed by atoms with Crippen LogP contribution in [-0.2, 0) is 6.54 Å². The summed E-state index contributed by atoms with van der Waals surface area (Å²) in [6.45, 7) is 3.45. The molecule has 6 nitrogen and oxygen atoms in total. The molecule has 0 saturated heterocycles. The molecule has 0 aliphatic rings. The topological polar surface area (TPSA) is 89.3 Å². The van der Waals surface area contributed by atoms with Gasteiger partial charge in [0.15, 0.2) is 10.3 Å². The number of imidazole rings is 1. The van der Waals surface area contributed by atoms with E-state index in [4.69, 9.17) is 15.9 Å². The van der Waals surface area contributed by atoms with Crippen LogP contribution in [0.25, 0.3) is 0 Å². The van der Waals surface area contributed by atoms with Gasteiger partial charge in [0.25, 0.3) is 0 Å². The van der Waals surface area contributed by atoms with Crippen molar-refractivity contribution in [3.05, 3.63) is 77.6 Å². The van der Waals surface area contributed by atoms with Crippen LogP contribution in [0.15, 0.2) is 71.1 Å². The molecule has 3 N–H and O–H groups in total. The average Bonchev–Trinajstić information content (AvgIpc) is 3.23. The third kappa shape index (κ3) is 6.63. The first-order valence-corrected chi connectivity index (χ1v) is 12.2. The molecule has 0 aliphatic heterocycles. The Morgan fingerprint density at radius 3 is 2.77 bits per heavy atom. The zero-order chi connectivity index (χ0) is 22.1. The van der Waals surface area contributed by atoms with Crippen molar-refractivity contribution in [2.75, 3.05) is 18.6 Å². The predicted octanol–water partition coefficient (Wildman–Crippen LogP) is 4.80. The summed E-state index contributed by atoms with van der Waals surface area (Å²) in [5.74, 6) is 2.01. The smallest absolute Gasteiger partial charge is 0.182 e. The lowest BCUT2D eigenvalue weighted by Gasteiger charge is -2.14. The van der Waals surface area contributed by atoms with E-state index < -0.39 is 0 Å². The number of hydrogen-bond donors (Lipinski definition) is 2. The van der Waals surface area contributed by atoms with Gasteiger partial charge in [-0.25, -0.2) is 9.98 Å². The van der Waals surface area contributed by atoms with Crippen LogP contribution in [0, 0.1) is 12.3 Å². The van der Waals surface area contributed by atoms with Gasteiger partial charge in [-0.3, -0.25) is 5.41 Å². The summed E-state index contributed by atoms with van der Waals surface area (Å²) >= 11 is 3.01. The van der Waals surface area contributed by atoms with Gasteiger partial charge in [-0.1, -0.05) is 66.0 Å². The Morgan fingerprint density at radius 2 is 2.00 bits per heavy atom. The van der Waals surface area contributed by atoms with Crippen LogP contribution in [0.1, 0.15) is 23.1 Å². The van der Waals surface area contributed by atoms with E-state index >= 15 is 0 Å². The molecule has 0 bridgehead atoms. The Hall–Kier alpha value is -2.71. The normalized spacial score (nSPS) is 11.5. The second-order valence-electron chi connectivity index (χ2n) is 6.80. The number of hydrogen-bond acceptors (Lipinski definition) is 5. The fraction of sp³-hybridized carbons (Fsp3) is 0.261. The summed E-state index contributed by atoms with van der Waals surface area (Å²) in [5, 5.41) is 9.22. The second-order valence-corrected chi connectivity index (χ2v) is 8.66. The van der Waals surface area contributed by atoms with E-state index in [9.17, 15) is 0 Å². The van der Waals surface area contributed by atoms with Crippen molar-refractivity contribution in [2.24, 2.45) is 10.7 Å². The van der Waals surface area contributed by atoms with Crippen LogP contribution in [-0.4, -0.2) is 39.2 Å². The monoisotopic (exact) mass is 453 g/mol. The average molecular weight is 454 g/mol. The fourth-order valence-corrected chi connectivity index (χ4v) is 4.15. The number of nitrogens with one attached hydrogen (secondary N) is 1. The molecule has 0 radical (unpaired) electrons. The van der Waals surface area contributed by atoms with Gasteiger partial charge in [-0.2, -0.15) is 0 Å². The van der Waals surface area contributed by atoms with Crippen molar-refractivity contribution in [3.63, 3.8) is 0 Å². The van der Waals surface area contributed by atoms with Gasteiger partial charge >= 0.3 is 0 Å². The number of aromatic nitrogens is 2. The van der Waals surface area contributed by atoms with Crippen molar-refractivity contribution in [1.82, 2.24) is 9.55 Å². The first-order valence-electron chi connectivity index (χ1n) is 9.96. The summed E-state index contributed by atoms with van der Waals surface area (Å²) in [6, 6.07) is 15.7. The molecule has 0 saturated carbocycles. The number of nitrogens with two attached hydrogens (primary N) is 1. The molecule has 8 heteroatoms. The highest BCUT2D eigenvalue weighted by atomic mass is 32.2. The fourth-order valence-electron chi connectivity index (χ4n) is 3.00. The number of rotatable bonds is 9. The SMILES string of the molecule is CSc1nccn1Cc1cccc(OCCCSC(=N)/N=C(\N)c2ccccc2)c1C. The van der Waals surface area contributed by atoms with Crippen LogP contribution in [0.3, 0.4) is 0 Å². The maximum absolute atomic E-state index is 8.00. The van der Waals surface area contributed by atoms with Gasteiger partial charge in [0.1, 0.15) is 11.6 Å². The third-order valence-electron chi connectivity index (χ3n) is 4.67. The zero-order valence-electron chi connectivity index (χ0n) is 17.7. The summed E-state index contributed by atoms with van der Waals surface area (Å²) in [5.41, 5.74) is 9.15. The van der Waals surface area contributed by atoms with Gasteiger partial charge in [0.2, 0.25) is 0 Å². The molecule has 1 aromatic heterocycles. The quantitative estimate of drug-likeness (QED) is 0.210. The Balaban J connectivity index is 1.46. The molecule has 162 valence electrons. The van der Waals surface area contributed by atoms with Gasteiger partial charge < -0.3 is 15.0 Å². The molecule has 0 atom stereocenters. The standard InChI is InChI=1S/C23H27N5OS2/c1-17-19(16-28-13-12-26-23(28)30-2)10-6-11-20(17)29-14-7-15-31-22(25)27-21(24)18-8-4-3-5-9-18/h3-6,8-13H,7,14-16H2,1-2H3,(H3,24,25,27). The van der Waals surface area contributed by atoms with E-state index in [1.807, 2.05) is 61.1 Å². The van der Waals surface area contributed by atoms with Crippen molar-refractivity contribution in [1.29, 1.82) is 5.41 Å². The zero-order valence-corrected chi connectivity index (χ0v) is 19.4. The van der Waals surface area contributed by atoms with E-state index in [1.165, 1.54) is 17.3 Å². The molecular formula is C23H27N5OS2. The van der Waals surface area contributed by atoms with E-state index in [0.717, 1.165) is 40.8 Å². The first kappa shape index (κ1) is 23.0. The third-order valence-corrected chi connectivity index (χ3v) is 6.24. The molecule has 0 amide bonds. The number of ether oxygens (including phenoxy) is 1. The van der Waals surface area contributed by atoms with Crippen LogP contribution < -0.4 is 10.5 Å². The van der Waals surface area contributed by atoms with Crippen LogP contribution >= 0.6 is 23.5 Å². The lowest BCUT2D eigenvalue weighted by molar-refractivity contribution is 0.316. The number of nitrogens with zero attached hydrogens (tertiary/aromatic N) is 3. The van der Waals surface area contributed by atoms with Crippen molar-refractivity contribution in [3.8, 4) is 5.75 Å². The molecule has 31 heavy (non-hydrogen) atoms. The highest BCUT2D eigenvalue weighted by Gasteiger charge is 2.08. The second kappa shape index (κ2) is 11.6. The predicted molar refractivity (Wildman–Crippen MR) is 132 cm³/mol. The molecule has 0 unspecified atom stereocenters. The summed E-state index contributed by atoms with van der Waals surface area (Å²) < 4.78 is 8.15.